The molecular formula is C21H25ClN2O2. The molecule has 26 heavy (non-hydrogen) atoms. The lowest BCUT2D eigenvalue weighted by molar-refractivity contribution is -0.127. The summed E-state index contributed by atoms with van der Waals surface area (Å²) in [5.41, 5.74) is 2.29. The van der Waals surface area contributed by atoms with E-state index in [2.05, 4.69) is 34.5 Å². The minimum atomic E-state index is -0.582. The van der Waals surface area contributed by atoms with E-state index in [1.54, 1.807) is 13.0 Å². The first kappa shape index (κ1) is 18.6. The van der Waals surface area contributed by atoms with Gasteiger partial charge in [-0.3, -0.25) is 4.79 Å². The van der Waals surface area contributed by atoms with Crippen molar-refractivity contribution in [2.45, 2.75) is 26.4 Å². The Hall–Kier alpha value is -2.20. The van der Waals surface area contributed by atoms with Gasteiger partial charge in [-0.1, -0.05) is 35.9 Å². The summed E-state index contributed by atoms with van der Waals surface area (Å²) < 4.78 is 5.74. The largest absolute Gasteiger partial charge is 0.479 e. The maximum Gasteiger partial charge on any atom is 0.260 e. The van der Waals surface area contributed by atoms with Crippen LogP contribution in [-0.2, 0) is 4.79 Å². The average molecular weight is 373 g/mol. The highest BCUT2D eigenvalue weighted by atomic mass is 35.5. The second-order valence-corrected chi connectivity index (χ2v) is 7.28. The molecule has 0 bridgehead atoms. The van der Waals surface area contributed by atoms with Crippen LogP contribution in [-0.4, -0.2) is 31.6 Å². The van der Waals surface area contributed by atoms with E-state index < -0.39 is 6.10 Å². The normalized spacial score (nSPS) is 17.8. The van der Waals surface area contributed by atoms with Crippen molar-refractivity contribution in [2.24, 2.45) is 5.92 Å². The Morgan fingerprint density at radius 1 is 1.31 bits per heavy atom. The number of nitrogens with one attached hydrogen (secondary N) is 1. The Morgan fingerprint density at radius 2 is 2.08 bits per heavy atom. The summed E-state index contributed by atoms with van der Waals surface area (Å²) in [4.78, 5) is 14.7. The van der Waals surface area contributed by atoms with Gasteiger partial charge in [0.05, 0.1) is 5.02 Å². The highest BCUT2D eigenvalue weighted by Crippen LogP contribution is 2.26. The van der Waals surface area contributed by atoms with Crippen molar-refractivity contribution in [3.63, 3.8) is 0 Å². The zero-order chi connectivity index (χ0) is 18.5. The number of ether oxygens (including phenoxy) is 1. The van der Waals surface area contributed by atoms with Gasteiger partial charge in [0.15, 0.2) is 6.10 Å². The van der Waals surface area contributed by atoms with Crippen LogP contribution < -0.4 is 15.0 Å². The highest BCUT2D eigenvalue weighted by molar-refractivity contribution is 6.32. The van der Waals surface area contributed by atoms with Gasteiger partial charge in [-0.05, 0) is 56.0 Å². The highest BCUT2D eigenvalue weighted by Gasteiger charge is 2.24. The topological polar surface area (TPSA) is 41.6 Å². The van der Waals surface area contributed by atoms with Crippen molar-refractivity contribution in [1.82, 2.24) is 5.32 Å². The van der Waals surface area contributed by atoms with Gasteiger partial charge in [0.25, 0.3) is 5.91 Å². The molecule has 1 heterocycles. The lowest BCUT2D eigenvalue weighted by Crippen LogP contribution is -2.39. The van der Waals surface area contributed by atoms with E-state index >= 15 is 0 Å². The average Bonchev–Trinajstić information content (AvgIpc) is 3.12. The van der Waals surface area contributed by atoms with E-state index in [4.69, 9.17) is 16.3 Å². The number of hydrogen-bond acceptors (Lipinski definition) is 3. The van der Waals surface area contributed by atoms with Crippen LogP contribution in [0.1, 0.15) is 18.9 Å². The van der Waals surface area contributed by atoms with Crippen LogP contribution in [0.5, 0.6) is 5.75 Å². The van der Waals surface area contributed by atoms with Crippen molar-refractivity contribution in [2.75, 3.05) is 24.5 Å². The molecule has 3 rings (SSSR count). The zero-order valence-corrected chi connectivity index (χ0v) is 16.0. The van der Waals surface area contributed by atoms with Crippen molar-refractivity contribution in [1.29, 1.82) is 0 Å². The first-order chi connectivity index (χ1) is 12.5. The fraction of sp³-hybridized carbons (Fsp3) is 0.381. The number of halogens is 1. The van der Waals surface area contributed by atoms with Crippen molar-refractivity contribution < 1.29 is 9.53 Å². The molecule has 2 atom stereocenters. The Kier molecular flexibility index (Phi) is 6.04. The molecule has 1 fully saturated rings. The van der Waals surface area contributed by atoms with Gasteiger partial charge < -0.3 is 15.0 Å². The van der Waals surface area contributed by atoms with Crippen LogP contribution in [0, 0.1) is 12.8 Å². The summed E-state index contributed by atoms with van der Waals surface area (Å²) in [7, 11) is 0. The second kappa shape index (κ2) is 8.45. The Bertz CT molecular complexity index is 751. The number of hydrogen-bond donors (Lipinski definition) is 1. The SMILES string of the molecule is Cc1ccc(Cl)c(OC(C)C(=O)NCC2CCN(c3ccccc3)C2)c1. The lowest BCUT2D eigenvalue weighted by atomic mass is 10.1. The summed E-state index contributed by atoms with van der Waals surface area (Å²) in [5, 5.41) is 3.54. The van der Waals surface area contributed by atoms with E-state index in [1.165, 1.54) is 5.69 Å². The van der Waals surface area contributed by atoms with Gasteiger partial charge >= 0.3 is 0 Å². The molecule has 1 aliphatic rings. The summed E-state index contributed by atoms with van der Waals surface area (Å²) in [5.74, 6) is 0.889. The molecule has 1 amide bonds. The number of anilines is 1. The predicted molar refractivity (Wildman–Crippen MR) is 106 cm³/mol. The molecule has 1 aliphatic heterocycles. The molecule has 0 radical (unpaired) electrons. The molecule has 2 unspecified atom stereocenters. The monoisotopic (exact) mass is 372 g/mol. The smallest absolute Gasteiger partial charge is 0.260 e. The third-order valence-electron chi connectivity index (χ3n) is 4.73. The predicted octanol–water partition coefficient (Wildman–Crippen LogP) is 4.06. The quantitative estimate of drug-likeness (QED) is 0.831. The van der Waals surface area contributed by atoms with E-state index in [1.807, 2.05) is 25.1 Å². The first-order valence-electron chi connectivity index (χ1n) is 9.03. The number of carbonyl (C=O) groups excluding carboxylic acids is 1. The van der Waals surface area contributed by atoms with E-state index in [9.17, 15) is 4.79 Å². The standard InChI is InChI=1S/C21H25ClN2O2/c1-15-8-9-19(22)20(12-15)26-16(2)21(25)23-13-17-10-11-24(14-17)18-6-4-3-5-7-18/h3-9,12,16-17H,10-11,13-14H2,1-2H3,(H,23,25). The van der Waals surface area contributed by atoms with Crippen LogP contribution >= 0.6 is 11.6 Å². The fourth-order valence-electron chi connectivity index (χ4n) is 3.21. The molecule has 2 aromatic rings. The van der Waals surface area contributed by atoms with Gasteiger partial charge in [-0.25, -0.2) is 0 Å². The molecule has 4 nitrogen and oxygen atoms in total. The number of carbonyl (C=O) groups is 1. The lowest BCUT2D eigenvalue weighted by Gasteiger charge is -2.20. The summed E-state index contributed by atoms with van der Waals surface area (Å²) in [6.45, 7) is 6.36. The van der Waals surface area contributed by atoms with Gasteiger partial charge in [0.1, 0.15) is 5.75 Å². The number of nitrogens with zero attached hydrogens (tertiary/aromatic N) is 1. The molecular weight excluding hydrogens is 348 g/mol. The number of rotatable bonds is 6. The summed E-state index contributed by atoms with van der Waals surface area (Å²) in [6, 6.07) is 15.9. The maximum atomic E-state index is 12.4. The molecule has 1 saturated heterocycles. The minimum Gasteiger partial charge on any atom is -0.479 e. The van der Waals surface area contributed by atoms with Gasteiger partial charge in [0.2, 0.25) is 0 Å². The van der Waals surface area contributed by atoms with Crippen molar-refractivity contribution in [3.8, 4) is 5.75 Å². The molecule has 0 spiro atoms. The second-order valence-electron chi connectivity index (χ2n) is 6.88. The van der Waals surface area contributed by atoms with Gasteiger partial charge in [0, 0.05) is 25.3 Å². The molecule has 5 heteroatoms. The molecule has 138 valence electrons. The van der Waals surface area contributed by atoms with E-state index in [0.717, 1.165) is 25.1 Å². The molecule has 0 aromatic heterocycles. The van der Waals surface area contributed by atoms with Crippen LogP contribution in [0.4, 0.5) is 5.69 Å². The Morgan fingerprint density at radius 3 is 2.85 bits per heavy atom. The summed E-state index contributed by atoms with van der Waals surface area (Å²) >= 11 is 6.14. The Labute approximate surface area is 160 Å². The van der Waals surface area contributed by atoms with E-state index in [0.29, 0.717) is 23.2 Å². The number of para-hydroxylation sites is 1. The fourth-order valence-corrected chi connectivity index (χ4v) is 3.37. The number of aryl methyl sites for hydroxylation is 1. The van der Waals surface area contributed by atoms with Gasteiger partial charge in [-0.2, -0.15) is 0 Å². The molecule has 0 saturated carbocycles. The maximum absolute atomic E-state index is 12.4. The third-order valence-corrected chi connectivity index (χ3v) is 5.04. The van der Waals surface area contributed by atoms with Gasteiger partial charge in [-0.15, -0.1) is 0 Å². The van der Waals surface area contributed by atoms with Crippen LogP contribution in [0.2, 0.25) is 5.02 Å². The summed E-state index contributed by atoms with van der Waals surface area (Å²) in [6.07, 6.45) is 0.495. The molecule has 1 N–H and O–H groups in total. The number of amides is 1. The first-order valence-corrected chi connectivity index (χ1v) is 9.41. The molecule has 0 aliphatic carbocycles. The zero-order valence-electron chi connectivity index (χ0n) is 15.2. The minimum absolute atomic E-state index is 0.110. The van der Waals surface area contributed by atoms with Crippen molar-refractivity contribution in [3.05, 3.63) is 59.1 Å². The van der Waals surface area contributed by atoms with Crippen LogP contribution in [0.3, 0.4) is 0 Å². The van der Waals surface area contributed by atoms with Crippen LogP contribution in [0.15, 0.2) is 48.5 Å². The van der Waals surface area contributed by atoms with E-state index in [-0.39, 0.29) is 5.91 Å². The molecule has 2 aromatic carbocycles. The van der Waals surface area contributed by atoms with Crippen molar-refractivity contribution >= 4 is 23.2 Å². The Balaban J connectivity index is 1.47. The van der Waals surface area contributed by atoms with Crippen LogP contribution in [0.25, 0.3) is 0 Å². The third kappa shape index (κ3) is 4.70. The number of benzene rings is 2.